The molecular formula is C17H22N4O3. The van der Waals surface area contributed by atoms with Gasteiger partial charge >= 0.3 is 0 Å². The van der Waals surface area contributed by atoms with Crippen LogP contribution in [0.1, 0.15) is 5.82 Å². The molecule has 2 amide bonds. The largest absolute Gasteiger partial charge is 0.378 e. The summed E-state index contributed by atoms with van der Waals surface area (Å²) < 4.78 is 7.12. The van der Waals surface area contributed by atoms with Crippen molar-refractivity contribution in [3.63, 3.8) is 0 Å². The number of hydrogen-bond acceptors (Lipinski definition) is 4. The lowest BCUT2D eigenvalue weighted by Gasteiger charge is -2.28. The van der Waals surface area contributed by atoms with E-state index < -0.39 is 0 Å². The van der Waals surface area contributed by atoms with Gasteiger partial charge in [-0.25, -0.2) is 4.98 Å². The van der Waals surface area contributed by atoms with Crippen molar-refractivity contribution in [1.82, 2.24) is 19.4 Å². The zero-order valence-electron chi connectivity index (χ0n) is 14.1. The van der Waals surface area contributed by atoms with Crippen LogP contribution in [0, 0.1) is 6.92 Å². The van der Waals surface area contributed by atoms with Crippen LogP contribution in [0.4, 0.5) is 0 Å². The van der Waals surface area contributed by atoms with E-state index in [0.717, 1.165) is 16.9 Å². The van der Waals surface area contributed by atoms with E-state index >= 15 is 0 Å². The number of fused-ring (bicyclic) bond motifs is 1. The number of amides is 2. The van der Waals surface area contributed by atoms with Crippen molar-refractivity contribution >= 4 is 22.8 Å². The van der Waals surface area contributed by atoms with E-state index in [1.807, 2.05) is 35.8 Å². The van der Waals surface area contributed by atoms with E-state index in [1.165, 1.54) is 4.90 Å². The van der Waals surface area contributed by atoms with Crippen LogP contribution in [0.25, 0.3) is 11.0 Å². The lowest BCUT2D eigenvalue weighted by Crippen LogP contribution is -2.46. The maximum Gasteiger partial charge on any atom is 0.242 e. The SMILES string of the molecule is Cc1nc2ccccc2n1CC(=O)N(C)CC(=O)N1CCOCC1. The van der Waals surface area contributed by atoms with Crippen molar-refractivity contribution in [3.05, 3.63) is 30.1 Å². The molecule has 2 aromatic rings. The summed E-state index contributed by atoms with van der Waals surface area (Å²) in [7, 11) is 1.66. The first kappa shape index (κ1) is 16.4. The lowest BCUT2D eigenvalue weighted by atomic mass is 10.3. The minimum absolute atomic E-state index is 0.0404. The van der Waals surface area contributed by atoms with Gasteiger partial charge in [-0.3, -0.25) is 9.59 Å². The highest BCUT2D eigenvalue weighted by Gasteiger charge is 2.21. The molecule has 7 heteroatoms. The van der Waals surface area contributed by atoms with E-state index in [1.54, 1.807) is 11.9 Å². The summed E-state index contributed by atoms with van der Waals surface area (Å²) in [5.41, 5.74) is 1.80. The van der Waals surface area contributed by atoms with Gasteiger partial charge in [-0.2, -0.15) is 0 Å². The smallest absolute Gasteiger partial charge is 0.242 e. The molecule has 0 bridgehead atoms. The fourth-order valence-corrected chi connectivity index (χ4v) is 2.86. The number of aryl methyl sites for hydroxylation is 1. The summed E-state index contributed by atoms with van der Waals surface area (Å²) in [6.45, 7) is 4.45. The summed E-state index contributed by atoms with van der Waals surface area (Å²) in [5.74, 6) is 0.640. The Bertz CT molecular complexity index is 749. The topological polar surface area (TPSA) is 67.7 Å². The molecule has 1 aromatic heterocycles. The number of rotatable bonds is 4. The average Bonchev–Trinajstić information content (AvgIpc) is 2.91. The minimum Gasteiger partial charge on any atom is -0.378 e. The number of imidazole rings is 1. The first-order valence-corrected chi connectivity index (χ1v) is 8.07. The minimum atomic E-state index is -0.108. The van der Waals surface area contributed by atoms with Crippen molar-refractivity contribution in [2.24, 2.45) is 0 Å². The standard InChI is InChI=1S/C17H22N4O3/c1-13-18-14-5-3-4-6-15(14)21(13)12-16(22)19(2)11-17(23)20-7-9-24-10-8-20/h3-6H,7-12H2,1-2H3. The maximum absolute atomic E-state index is 12.5. The zero-order chi connectivity index (χ0) is 17.1. The molecule has 1 saturated heterocycles. The Hall–Kier alpha value is -2.41. The third kappa shape index (κ3) is 3.41. The normalized spacial score (nSPS) is 14.8. The van der Waals surface area contributed by atoms with Crippen molar-refractivity contribution in [2.75, 3.05) is 39.9 Å². The average molecular weight is 330 g/mol. The molecular weight excluding hydrogens is 308 g/mol. The molecule has 24 heavy (non-hydrogen) atoms. The molecule has 2 heterocycles. The van der Waals surface area contributed by atoms with Crippen LogP contribution in [-0.4, -0.2) is 71.1 Å². The summed E-state index contributed by atoms with van der Waals surface area (Å²) in [6.07, 6.45) is 0. The van der Waals surface area contributed by atoms with Gasteiger partial charge in [0.2, 0.25) is 11.8 Å². The number of benzene rings is 1. The number of nitrogens with zero attached hydrogens (tertiary/aromatic N) is 4. The Balaban J connectivity index is 1.65. The summed E-state index contributed by atoms with van der Waals surface area (Å²) >= 11 is 0. The predicted molar refractivity (Wildman–Crippen MR) is 89.5 cm³/mol. The van der Waals surface area contributed by atoms with Gasteiger partial charge in [0.25, 0.3) is 0 Å². The van der Waals surface area contributed by atoms with E-state index in [2.05, 4.69) is 4.98 Å². The summed E-state index contributed by atoms with van der Waals surface area (Å²) in [6, 6.07) is 7.72. The van der Waals surface area contributed by atoms with Gasteiger partial charge in [-0.1, -0.05) is 12.1 Å². The molecule has 0 unspecified atom stereocenters. The Kier molecular flexibility index (Phi) is 4.80. The lowest BCUT2D eigenvalue weighted by molar-refractivity contribution is -0.142. The molecule has 3 rings (SSSR count). The predicted octanol–water partition coefficient (Wildman–Crippen LogP) is 0.662. The Morgan fingerprint density at radius 2 is 1.96 bits per heavy atom. The number of aromatic nitrogens is 2. The van der Waals surface area contributed by atoms with Gasteiger partial charge < -0.3 is 19.1 Å². The van der Waals surface area contributed by atoms with E-state index in [4.69, 9.17) is 4.74 Å². The molecule has 0 saturated carbocycles. The molecule has 0 N–H and O–H groups in total. The fourth-order valence-electron chi connectivity index (χ4n) is 2.86. The number of para-hydroxylation sites is 2. The first-order chi connectivity index (χ1) is 11.6. The van der Waals surface area contributed by atoms with Crippen molar-refractivity contribution in [3.8, 4) is 0 Å². The molecule has 0 radical (unpaired) electrons. The Morgan fingerprint density at radius 1 is 1.25 bits per heavy atom. The third-order valence-corrected chi connectivity index (χ3v) is 4.30. The molecule has 1 fully saturated rings. The second-order valence-electron chi connectivity index (χ2n) is 5.98. The third-order valence-electron chi connectivity index (χ3n) is 4.30. The van der Waals surface area contributed by atoms with Crippen LogP contribution in [0.3, 0.4) is 0 Å². The molecule has 128 valence electrons. The van der Waals surface area contributed by atoms with E-state index in [0.29, 0.717) is 26.3 Å². The van der Waals surface area contributed by atoms with Gasteiger partial charge in [0.05, 0.1) is 30.8 Å². The van der Waals surface area contributed by atoms with E-state index in [9.17, 15) is 9.59 Å². The molecule has 1 aliphatic rings. The van der Waals surface area contributed by atoms with Crippen LogP contribution in [0.2, 0.25) is 0 Å². The van der Waals surface area contributed by atoms with Crippen LogP contribution >= 0.6 is 0 Å². The fraction of sp³-hybridized carbons (Fsp3) is 0.471. The number of carbonyl (C=O) groups is 2. The number of hydrogen-bond donors (Lipinski definition) is 0. The monoisotopic (exact) mass is 330 g/mol. The Labute approximate surface area is 140 Å². The van der Waals surface area contributed by atoms with E-state index in [-0.39, 0.29) is 24.9 Å². The second kappa shape index (κ2) is 7.00. The highest BCUT2D eigenvalue weighted by atomic mass is 16.5. The molecule has 0 spiro atoms. The van der Waals surface area contributed by atoms with Gasteiger partial charge in [0.1, 0.15) is 12.4 Å². The van der Waals surface area contributed by atoms with Gasteiger partial charge in [0.15, 0.2) is 0 Å². The zero-order valence-corrected chi connectivity index (χ0v) is 14.1. The van der Waals surface area contributed by atoms with Crippen LogP contribution in [0.15, 0.2) is 24.3 Å². The molecule has 0 aliphatic carbocycles. The summed E-state index contributed by atoms with van der Waals surface area (Å²) in [4.78, 5) is 32.4. The van der Waals surface area contributed by atoms with Gasteiger partial charge in [-0.15, -0.1) is 0 Å². The number of carbonyl (C=O) groups excluding carboxylic acids is 2. The maximum atomic E-state index is 12.5. The van der Waals surface area contributed by atoms with Crippen LogP contribution in [-0.2, 0) is 20.9 Å². The number of ether oxygens (including phenoxy) is 1. The molecule has 0 atom stereocenters. The highest BCUT2D eigenvalue weighted by molar-refractivity contribution is 5.86. The number of likely N-dealkylation sites (N-methyl/N-ethyl adjacent to an activating group) is 1. The Morgan fingerprint density at radius 3 is 2.71 bits per heavy atom. The van der Waals surface area contributed by atoms with Crippen molar-refractivity contribution < 1.29 is 14.3 Å². The number of morpholine rings is 1. The molecule has 1 aromatic carbocycles. The highest BCUT2D eigenvalue weighted by Crippen LogP contribution is 2.15. The van der Waals surface area contributed by atoms with Crippen molar-refractivity contribution in [1.29, 1.82) is 0 Å². The summed E-state index contributed by atoms with van der Waals surface area (Å²) in [5, 5.41) is 0. The van der Waals surface area contributed by atoms with Gasteiger partial charge in [0, 0.05) is 20.1 Å². The second-order valence-corrected chi connectivity index (χ2v) is 5.98. The van der Waals surface area contributed by atoms with Crippen LogP contribution in [0.5, 0.6) is 0 Å². The first-order valence-electron chi connectivity index (χ1n) is 8.07. The molecule has 7 nitrogen and oxygen atoms in total. The van der Waals surface area contributed by atoms with Crippen LogP contribution < -0.4 is 0 Å². The quantitative estimate of drug-likeness (QED) is 0.826. The molecule has 1 aliphatic heterocycles. The van der Waals surface area contributed by atoms with Crippen molar-refractivity contribution in [2.45, 2.75) is 13.5 Å². The van der Waals surface area contributed by atoms with Gasteiger partial charge in [-0.05, 0) is 19.1 Å².